The van der Waals surface area contributed by atoms with E-state index < -0.39 is 23.1 Å². The number of carbonyl (C=O) groups excluding carboxylic acids is 3. The summed E-state index contributed by atoms with van der Waals surface area (Å²) in [6.07, 6.45) is 12.0. The average molecular weight is 2400 g/mol. The van der Waals surface area contributed by atoms with Crippen LogP contribution in [0.4, 0.5) is 23.3 Å². The number of phenolic OH excluding ortho intramolecular Hbond substituents is 1. The van der Waals surface area contributed by atoms with Crippen LogP contribution in [0.2, 0.25) is 0 Å². The first-order chi connectivity index (χ1) is 63.2. The molecule has 41 nitrogen and oxygen atoms in total. The van der Waals surface area contributed by atoms with Crippen molar-refractivity contribution in [1.29, 1.82) is 10.5 Å². The van der Waals surface area contributed by atoms with Crippen LogP contribution in [0.25, 0.3) is 34.6 Å². The van der Waals surface area contributed by atoms with Gasteiger partial charge in [-0.3, -0.25) is 9.36 Å². The Morgan fingerprint density at radius 2 is 0.942 bits per heavy atom. The zero-order chi connectivity index (χ0) is 100. The van der Waals surface area contributed by atoms with Crippen LogP contribution in [0.5, 0.6) is 17.2 Å². The minimum atomic E-state index is -3.22. The fourth-order valence-corrected chi connectivity index (χ4v) is 11.2. The Labute approximate surface area is 903 Å². The molecule has 3 aromatic carbocycles. The molecule has 10 rings (SSSR count). The molecule has 0 bridgehead atoms. The number of nitriles is 1. The number of nitrogen functional groups attached to an aromatic ring is 3. The van der Waals surface area contributed by atoms with Gasteiger partial charge in [0.15, 0.2) is 23.3 Å². The van der Waals surface area contributed by atoms with Gasteiger partial charge in [-0.2, -0.15) is 10.4 Å². The van der Waals surface area contributed by atoms with Crippen molar-refractivity contribution in [1.82, 2.24) is 79.5 Å². The predicted molar refractivity (Wildman–Crippen MR) is 556 cm³/mol. The quantitative estimate of drug-likeness (QED) is 0.00209. The van der Waals surface area contributed by atoms with E-state index in [-0.39, 0.29) is 145 Å². The molecular weight excluding hydrogens is 2280 g/mol. The molecule has 7 aromatic heterocycles. The number of nitrogens with two attached hydrogens (primary N) is 4. The normalized spacial score (nSPS) is 11.3. The number of aliphatic imine (C=N–C) groups is 1. The zero-order valence-electron chi connectivity index (χ0n) is 78.5. The number of hydrogen-bond acceptors (Lipinski definition) is 33. The van der Waals surface area contributed by atoms with Gasteiger partial charge in [-0.1, -0.05) is 89.2 Å². The van der Waals surface area contributed by atoms with Crippen LogP contribution >= 0.6 is 123 Å². The third-order valence-electron chi connectivity index (χ3n) is 16.8. The van der Waals surface area contributed by atoms with E-state index in [1.165, 1.54) is 26.6 Å². The molecule has 138 heavy (non-hydrogen) atoms. The van der Waals surface area contributed by atoms with Gasteiger partial charge < -0.3 is 119 Å². The van der Waals surface area contributed by atoms with Gasteiger partial charge in [0.1, 0.15) is 99.5 Å². The second kappa shape index (κ2) is 79.0. The molecule has 0 aliphatic carbocycles. The average Bonchev–Trinajstić information content (AvgIpc) is 1.58. The predicted octanol–water partition coefficient (Wildman–Crippen LogP) is 8.06. The summed E-state index contributed by atoms with van der Waals surface area (Å²) in [5.41, 5.74) is 27.9. The van der Waals surface area contributed by atoms with Crippen LogP contribution in [0.15, 0.2) is 156 Å². The Balaban J connectivity index is -0.000000504. The third-order valence-corrected chi connectivity index (χ3v) is 19.9. The number of rotatable bonds is 34. The third kappa shape index (κ3) is 59.8. The maximum atomic E-state index is 12.0. The molecule has 10 aromatic rings. The van der Waals surface area contributed by atoms with Gasteiger partial charge in [-0.05, 0) is 272 Å². The number of hydrogen-bond donors (Lipinski definition) is 11. The molecule has 0 unspecified atom stereocenters. The number of aromatic carboxylic acids is 1. The van der Waals surface area contributed by atoms with Gasteiger partial charge >= 0.3 is 71.5 Å². The number of phenols is 1. The molecule has 0 aliphatic heterocycles. The number of carboxylic acid groups (broad SMARTS) is 1. The van der Waals surface area contributed by atoms with Crippen molar-refractivity contribution < 1.29 is 133 Å². The summed E-state index contributed by atoms with van der Waals surface area (Å²) < 4.78 is 39.0. The number of esters is 2. The first-order valence-electron chi connectivity index (χ1n) is 40.4. The standard InChI is InChI=1S/C20H22IN5O3.C19H20IN5O3.C12H18N6O.C12H17N5O.C8H7IO3.C5H13NO.C5H9NO.C4H9BrO.CN.CH4.Cl3OP.Li.Na.2H2O/c1-13(11-29-17-7-6-14(21)10-15(17)20(27)28-2)8-9-26-12-23-25-19(26)16-4-3-5-18(22)24-16;1-12(10-28-16-6-5-13(20)9-14(16)19(26)27)7-8-25-11-22-24-18(25)15-3-2-4-17(21)23-15;1-17(2)8-13-11-7-5-6-10(15-11)12(19)16-14-9-18(3)4;1-9(7-18)5-6-17-8-14-16-12(17)10-3-2-4-11(13)15-10;1-12-8(11)6-4-5(9)2-3-7(6)10;2*1-5(4-7)2-3-6;1-4(2-5)3-6;1-2;;1-5(2,3)4;;;;/h3-7,10,12-13H,8-9,11H2,1-2H3,(H2,22,24);2-6,9,11-12H,7-8,10H2,1H3,(H2,21,23)(H,26,27);5-9H,1-4H3,(H,16,19);2-4,8-9,18H,5-7H2,1H3,(H2,13,15);2-4,10H,1H3;5,7H,2-4,6H2,1H3;5,7H,2,4H2,1H3;4,6H,2-3H2,1H3;;1H4;;;;2*1H2/q;;;;;;;;-1;;;2*+1;;/p-1/b;;13-8?,14-9+;;;;;;;;;;;;/t13-;12-;;9-;;2*5-;4-;;;;;;;/m00.0.000......./s1. The number of methoxy groups -OCH3 is 2. The van der Waals surface area contributed by atoms with Crippen LogP contribution in [-0.4, -0.2) is 246 Å². The van der Waals surface area contributed by atoms with E-state index in [0.717, 1.165) is 48.3 Å². The Morgan fingerprint density at radius 1 is 0.580 bits per heavy atom. The largest absolute Gasteiger partial charge is 1.00 e. The van der Waals surface area contributed by atoms with Crippen molar-refractivity contribution in [2.75, 3.05) is 111 Å². The first-order valence-corrected chi connectivity index (χ1v) is 49.2. The first kappa shape index (κ1) is 138. The van der Waals surface area contributed by atoms with Crippen molar-refractivity contribution in [3.8, 4) is 57.9 Å². The number of carbonyl (C=O) groups is 4. The van der Waals surface area contributed by atoms with Gasteiger partial charge in [0.25, 0.3) is 5.91 Å². The SMILES string of the molecule is C.CN(C)C=Nc1cccc(C(=O)N/N=C/N(C)C)n1.COC(=O)c1cc(I)ccc1O.COC(=O)c1cc(I)ccc1OC[C@@H](C)CCn1cnnc1-c1cccc(N)n1.C[C@@H](CCn1cnnc1-c1cccc(N)n1)COc1ccc(I)cc1C(=O)O.C[C@H](CO)CBr.C[C@H](CO)CC#N.C[C@H](CO)CCN.C[C@H](CO)CCn1cnnc1-c1cccc(N)n1.O.O=P(Cl)(Cl)Cl.[C-]#N.[Li+].[Na+].[OH-]. The molecule has 0 aliphatic rings. The molecule has 0 saturated carbocycles. The number of anilines is 3. The summed E-state index contributed by atoms with van der Waals surface area (Å²) in [5.74, 6) is 4.03. The number of aliphatic hydroxyl groups excluding tert-OH is 4. The number of benzene rings is 3. The van der Waals surface area contributed by atoms with E-state index in [1.807, 2.05) is 124 Å². The molecule has 18 N–H and O–H groups in total. The Hall–Kier alpha value is -8.63. The summed E-state index contributed by atoms with van der Waals surface area (Å²) in [7, 11) is 9.98. The number of aromatic nitrogens is 13. The van der Waals surface area contributed by atoms with E-state index in [0.29, 0.717) is 126 Å². The summed E-state index contributed by atoms with van der Waals surface area (Å²) in [5, 5.41) is 92.5. The number of amides is 1. The van der Waals surface area contributed by atoms with E-state index in [9.17, 15) is 34.0 Å². The zero-order valence-corrected chi connectivity index (χ0v) is 91.7. The van der Waals surface area contributed by atoms with Crippen molar-refractivity contribution >= 4 is 182 Å². The Bertz CT molecular complexity index is 5260. The molecule has 51 heteroatoms. The topological polar surface area (TPSA) is 644 Å². The number of aromatic hydroxyl groups is 1. The number of aliphatic hydroxyl groups is 4. The monoisotopic (exact) mass is 2400 g/mol. The molecule has 7 heterocycles. The molecule has 0 radical (unpaired) electrons. The second-order valence-electron chi connectivity index (χ2n) is 29.2. The van der Waals surface area contributed by atoms with Crippen LogP contribution in [-0.2, 0) is 33.7 Å². The van der Waals surface area contributed by atoms with Gasteiger partial charge in [0.2, 0.25) is 0 Å². The van der Waals surface area contributed by atoms with Gasteiger partial charge in [-0.25, -0.2) is 44.7 Å². The van der Waals surface area contributed by atoms with Crippen LogP contribution in [0, 0.1) is 69.4 Å². The maximum absolute atomic E-state index is 12.0. The summed E-state index contributed by atoms with van der Waals surface area (Å²) in [6.45, 7) is 21.2. The van der Waals surface area contributed by atoms with E-state index >= 15 is 0 Å². The fourth-order valence-electron chi connectivity index (χ4n) is 9.56. The Morgan fingerprint density at radius 3 is 1.28 bits per heavy atom. The van der Waals surface area contributed by atoms with Crippen LogP contribution in [0.1, 0.15) is 123 Å². The number of aryl methyl sites for hydroxylation is 3. The fraction of sp³-hybridized carbons (Fsp3) is 0.402. The van der Waals surface area contributed by atoms with Crippen molar-refractivity contribution in [2.24, 2.45) is 51.3 Å². The molecule has 748 valence electrons. The van der Waals surface area contributed by atoms with Gasteiger partial charge in [0.05, 0.1) is 39.8 Å². The number of nitrogens with zero attached hydrogens (tertiary/aromatic N) is 19. The number of alkyl halides is 1. The number of ether oxygens (including phenoxy) is 4. The number of halogens is 7. The number of nitrogens with one attached hydrogen (secondary N) is 1. The number of pyridine rings is 4. The van der Waals surface area contributed by atoms with Crippen LogP contribution < -0.4 is 86.3 Å². The van der Waals surface area contributed by atoms with Crippen molar-refractivity contribution in [3.63, 3.8) is 0 Å². The molecule has 6 atom stereocenters. The van der Waals surface area contributed by atoms with Crippen molar-refractivity contribution in [3.05, 3.63) is 186 Å². The van der Waals surface area contributed by atoms with Crippen molar-refractivity contribution in [2.45, 2.75) is 101 Å². The van der Waals surface area contributed by atoms with Crippen LogP contribution in [0.3, 0.4) is 0 Å². The molecule has 0 spiro atoms. The number of hydrazone groups is 1. The maximum Gasteiger partial charge on any atom is 1.00 e. The molecular formula is C87H122BrCl3I3LiN24NaO17P. The van der Waals surface area contributed by atoms with E-state index in [4.69, 9.17) is 74.7 Å². The molecule has 0 fully saturated rings. The van der Waals surface area contributed by atoms with Gasteiger partial charge in [-0.15, -0.1) is 30.6 Å². The minimum absolute atomic E-state index is 0. The van der Waals surface area contributed by atoms with E-state index in [2.05, 4.69) is 202 Å². The molecule has 1 amide bonds. The second-order valence-corrected chi connectivity index (χ2v) is 40.2. The number of carboxylic acids is 1. The summed E-state index contributed by atoms with van der Waals surface area (Å²) in [4.78, 5) is 70.7. The molecule has 0 saturated heterocycles. The van der Waals surface area contributed by atoms with E-state index in [1.54, 1.807) is 108 Å². The minimum Gasteiger partial charge on any atom is -0.870 e. The smallest absolute Gasteiger partial charge is 0.870 e. The Kier molecular flexibility index (Phi) is 78.9. The van der Waals surface area contributed by atoms with Gasteiger partial charge in [0, 0.05) is 96.7 Å². The summed E-state index contributed by atoms with van der Waals surface area (Å²) >= 11 is 23.3. The summed E-state index contributed by atoms with van der Waals surface area (Å²) in [6, 6.07) is 38.6.